The van der Waals surface area contributed by atoms with Crippen LogP contribution in [0.3, 0.4) is 0 Å². The number of hydrogen-bond donors (Lipinski definition) is 1. The first-order valence-electron chi connectivity index (χ1n) is 11.0. The Bertz CT molecular complexity index is 927. The first-order valence-corrected chi connectivity index (χ1v) is 11.0. The van der Waals surface area contributed by atoms with Gasteiger partial charge in [-0.2, -0.15) is 0 Å². The van der Waals surface area contributed by atoms with Crippen molar-refractivity contribution in [3.63, 3.8) is 0 Å². The topological polar surface area (TPSA) is 66.4 Å². The summed E-state index contributed by atoms with van der Waals surface area (Å²) in [4.78, 5) is 20.3. The first-order chi connectivity index (χ1) is 15.5. The van der Waals surface area contributed by atoms with Crippen molar-refractivity contribution in [2.75, 3.05) is 41.4 Å². The largest absolute Gasteiger partial charge is 0.493 e. The molecule has 1 aliphatic heterocycles. The Balaban J connectivity index is 1.49. The molecule has 0 atom stereocenters. The number of rotatable bonds is 9. The van der Waals surface area contributed by atoms with Crippen LogP contribution in [-0.2, 0) is 24.3 Å². The van der Waals surface area contributed by atoms with E-state index in [0.29, 0.717) is 19.5 Å². The van der Waals surface area contributed by atoms with Crippen molar-refractivity contribution in [1.29, 1.82) is 0 Å². The monoisotopic (exact) mass is 438 g/mol. The number of nitrogens with one attached hydrogen (secondary N) is 1. The van der Waals surface area contributed by atoms with E-state index < -0.39 is 0 Å². The fourth-order valence-electron chi connectivity index (χ4n) is 3.86. The average molecular weight is 439 g/mol. The predicted molar refractivity (Wildman–Crippen MR) is 127 cm³/mol. The van der Waals surface area contributed by atoms with Crippen LogP contribution in [0.2, 0.25) is 0 Å². The Morgan fingerprint density at radius 1 is 1.06 bits per heavy atom. The zero-order valence-electron chi connectivity index (χ0n) is 19.6. The molecule has 0 bridgehead atoms. The molecule has 32 heavy (non-hydrogen) atoms. The molecule has 0 spiro atoms. The van der Waals surface area contributed by atoms with E-state index >= 15 is 0 Å². The minimum atomic E-state index is 0.260. The lowest BCUT2D eigenvalue weighted by Crippen LogP contribution is -2.39. The molecule has 1 aliphatic rings. The minimum absolute atomic E-state index is 0.260. The number of amides is 1. The standard InChI is InChI=1S/C25H34N4O3/c1-26-25(28(2)15-13-19-11-12-22(31-3)23(16-19)32-4)27-17-20-7-9-21(10-8-20)18-29-14-5-6-24(29)30/h7-12,16H,5-6,13-15,17-18H2,1-4H3,(H,26,27). The summed E-state index contributed by atoms with van der Waals surface area (Å²) in [5, 5.41) is 3.43. The van der Waals surface area contributed by atoms with Crippen LogP contribution in [0.5, 0.6) is 11.5 Å². The van der Waals surface area contributed by atoms with Crippen molar-refractivity contribution in [3.8, 4) is 11.5 Å². The van der Waals surface area contributed by atoms with Gasteiger partial charge in [-0.15, -0.1) is 0 Å². The molecule has 0 unspecified atom stereocenters. The van der Waals surface area contributed by atoms with Gasteiger partial charge in [-0.3, -0.25) is 9.79 Å². The summed E-state index contributed by atoms with van der Waals surface area (Å²) < 4.78 is 10.7. The molecular formula is C25H34N4O3. The van der Waals surface area contributed by atoms with E-state index in [4.69, 9.17) is 9.47 Å². The zero-order chi connectivity index (χ0) is 22.9. The highest BCUT2D eigenvalue weighted by Crippen LogP contribution is 2.27. The Kier molecular flexibility index (Phi) is 8.36. The Labute approximate surface area is 191 Å². The minimum Gasteiger partial charge on any atom is -0.493 e. The van der Waals surface area contributed by atoms with Gasteiger partial charge in [-0.25, -0.2) is 0 Å². The maximum atomic E-state index is 11.8. The van der Waals surface area contributed by atoms with E-state index in [1.165, 1.54) is 16.7 Å². The zero-order valence-corrected chi connectivity index (χ0v) is 19.6. The second-order valence-electron chi connectivity index (χ2n) is 8.00. The van der Waals surface area contributed by atoms with Crippen molar-refractivity contribution in [3.05, 3.63) is 59.2 Å². The van der Waals surface area contributed by atoms with E-state index in [2.05, 4.69) is 45.5 Å². The van der Waals surface area contributed by atoms with Crippen molar-refractivity contribution < 1.29 is 14.3 Å². The van der Waals surface area contributed by atoms with Crippen molar-refractivity contribution >= 4 is 11.9 Å². The Morgan fingerprint density at radius 3 is 2.38 bits per heavy atom. The van der Waals surface area contributed by atoms with Gasteiger partial charge in [0.1, 0.15) is 0 Å². The highest BCUT2D eigenvalue weighted by atomic mass is 16.5. The molecular weight excluding hydrogens is 404 g/mol. The lowest BCUT2D eigenvalue weighted by Gasteiger charge is -2.22. The lowest BCUT2D eigenvalue weighted by molar-refractivity contribution is -0.128. The SMILES string of the molecule is CN=C(NCc1ccc(CN2CCCC2=O)cc1)N(C)CCc1ccc(OC)c(OC)c1. The van der Waals surface area contributed by atoms with Gasteiger partial charge in [-0.1, -0.05) is 30.3 Å². The summed E-state index contributed by atoms with van der Waals surface area (Å²) in [5.41, 5.74) is 3.52. The number of hydrogen-bond acceptors (Lipinski definition) is 4. The van der Waals surface area contributed by atoms with E-state index in [0.717, 1.165) is 43.4 Å². The number of methoxy groups -OCH3 is 2. The molecule has 1 N–H and O–H groups in total. The summed E-state index contributed by atoms with van der Waals surface area (Å²) in [7, 11) is 7.12. The number of carbonyl (C=O) groups excluding carboxylic acids is 1. The number of nitrogens with zero attached hydrogens (tertiary/aromatic N) is 3. The fourth-order valence-corrected chi connectivity index (χ4v) is 3.86. The molecule has 0 radical (unpaired) electrons. The van der Waals surface area contributed by atoms with E-state index in [-0.39, 0.29) is 5.91 Å². The van der Waals surface area contributed by atoms with Gasteiger partial charge in [0.05, 0.1) is 14.2 Å². The number of carbonyl (C=O) groups is 1. The number of likely N-dealkylation sites (tertiary alicyclic amines) is 1. The molecule has 7 nitrogen and oxygen atoms in total. The summed E-state index contributed by atoms with van der Waals surface area (Å²) in [6, 6.07) is 14.4. The van der Waals surface area contributed by atoms with E-state index in [1.807, 2.05) is 24.1 Å². The number of guanidine groups is 1. The van der Waals surface area contributed by atoms with Gasteiger partial charge < -0.3 is 24.6 Å². The third kappa shape index (κ3) is 6.15. The predicted octanol–water partition coefficient (Wildman–Crippen LogP) is 3.08. The van der Waals surface area contributed by atoms with Crippen molar-refractivity contribution in [2.24, 2.45) is 4.99 Å². The van der Waals surface area contributed by atoms with Crippen LogP contribution in [0, 0.1) is 0 Å². The van der Waals surface area contributed by atoms with Gasteiger partial charge in [0.25, 0.3) is 0 Å². The van der Waals surface area contributed by atoms with Crippen LogP contribution < -0.4 is 14.8 Å². The molecule has 0 aromatic heterocycles. The quantitative estimate of drug-likeness (QED) is 0.481. The molecule has 7 heteroatoms. The molecule has 1 amide bonds. The van der Waals surface area contributed by atoms with Gasteiger partial charge in [0, 0.05) is 46.7 Å². The molecule has 1 fully saturated rings. The molecule has 0 saturated carbocycles. The second-order valence-corrected chi connectivity index (χ2v) is 8.00. The summed E-state index contributed by atoms with van der Waals surface area (Å²) in [6.45, 7) is 3.08. The lowest BCUT2D eigenvalue weighted by atomic mass is 10.1. The highest BCUT2D eigenvalue weighted by molar-refractivity contribution is 5.79. The second kappa shape index (κ2) is 11.4. The third-order valence-electron chi connectivity index (χ3n) is 5.78. The van der Waals surface area contributed by atoms with Crippen molar-refractivity contribution in [1.82, 2.24) is 15.1 Å². The van der Waals surface area contributed by atoms with Crippen LogP contribution in [-0.4, -0.2) is 63.1 Å². The molecule has 1 heterocycles. The number of ether oxygens (including phenoxy) is 2. The van der Waals surface area contributed by atoms with Crippen LogP contribution in [0.1, 0.15) is 29.5 Å². The van der Waals surface area contributed by atoms with Gasteiger partial charge >= 0.3 is 0 Å². The number of likely N-dealkylation sites (N-methyl/N-ethyl adjacent to an activating group) is 1. The van der Waals surface area contributed by atoms with Crippen molar-refractivity contribution in [2.45, 2.75) is 32.4 Å². The summed E-state index contributed by atoms with van der Waals surface area (Å²) in [5.74, 6) is 2.58. The third-order valence-corrected chi connectivity index (χ3v) is 5.78. The molecule has 172 valence electrons. The smallest absolute Gasteiger partial charge is 0.222 e. The molecule has 1 saturated heterocycles. The average Bonchev–Trinajstić information content (AvgIpc) is 3.23. The molecule has 2 aromatic rings. The fraction of sp³-hybridized carbons (Fsp3) is 0.440. The van der Waals surface area contributed by atoms with Crippen LogP contribution in [0.4, 0.5) is 0 Å². The Hall–Kier alpha value is -3.22. The van der Waals surface area contributed by atoms with E-state index in [9.17, 15) is 4.79 Å². The Morgan fingerprint density at radius 2 is 1.75 bits per heavy atom. The van der Waals surface area contributed by atoms with E-state index in [1.54, 1.807) is 21.3 Å². The molecule has 0 aliphatic carbocycles. The first kappa shape index (κ1) is 23.4. The van der Waals surface area contributed by atoms with Crippen LogP contribution in [0.15, 0.2) is 47.5 Å². The number of benzene rings is 2. The molecule has 2 aromatic carbocycles. The summed E-state index contributed by atoms with van der Waals surface area (Å²) >= 11 is 0. The maximum absolute atomic E-state index is 11.8. The number of aliphatic imine (C=N–C) groups is 1. The highest BCUT2D eigenvalue weighted by Gasteiger charge is 2.19. The van der Waals surface area contributed by atoms with Crippen LogP contribution in [0.25, 0.3) is 0 Å². The van der Waals surface area contributed by atoms with Gasteiger partial charge in [0.15, 0.2) is 17.5 Å². The summed E-state index contributed by atoms with van der Waals surface area (Å²) in [6.07, 6.45) is 2.52. The van der Waals surface area contributed by atoms with Crippen LogP contribution >= 0.6 is 0 Å². The van der Waals surface area contributed by atoms with Gasteiger partial charge in [0.2, 0.25) is 5.91 Å². The van der Waals surface area contributed by atoms with Gasteiger partial charge in [-0.05, 0) is 41.7 Å². The normalized spacial score (nSPS) is 13.9. The maximum Gasteiger partial charge on any atom is 0.222 e. The molecule has 3 rings (SSSR count).